The zero-order valence-electron chi connectivity index (χ0n) is 11.6. The van der Waals surface area contributed by atoms with Crippen LogP contribution < -0.4 is 4.74 Å². The Morgan fingerprint density at radius 1 is 1.26 bits per heavy atom. The highest BCUT2D eigenvalue weighted by atomic mass is 16.7. The second kappa shape index (κ2) is 6.17. The summed E-state index contributed by atoms with van der Waals surface area (Å²) in [7, 11) is 4.83. The number of carbonyl (C=O) groups excluding carboxylic acids is 1. The Morgan fingerprint density at radius 2 is 2.00 bits per heavy atom. The average Bonchev–Trinajstić information content (AvgIpc) is 2.46. The molecule has 0 bridgehead atoms. The van der Waals surface area contributed by atoms with Gasteiger partial charge < -0.3 is 14.2 Å². The molecule has 0 saturated heterocycles. The third-order valence-corrected chi connectivity index (χ3v) is 3.73. The second-order valence-electron chi connectivity index (χ2n) is 4.72. The molecule has 0 aliphatic heterocycles. The van der Waals surface area contributed by atoms with Crippen molar-refractivity contribution < 1.29 is 19.0 Å². The van der Waals surface area contributed by atoms with Crippen molar-refractivity contribution >= 4 is 5.78 Å². The topological polar surface area (TPSA) is 44.8 Å². The minimum atomic E-state index is -0.318. The van der Waals surface area contributed by atoms with E-state index in [2.05, 4.69) is 0 Å². The van der Waals surface area contributed by atoms with Gasteiger partial charge in [-0.15, -0.1) is 0 Å². The van der Waals surface area contributed by atoms with Crippen molar-refractivity contribution in [3.05, 3.63) is 29.3 Å². The molecule has 2 rings (SSSR count). The number of Topliss-reactive ketones (excluding diaryl/α,β-unsaturated/α-hetero) is 1. The summed E-state index contributed by atoms with van der Waals surface area (Å²) in [6.45, 7) is 0. The number of ketones is 1. The average molecular weight is 264 g/mol. The van der Waals surface area contributed by atoms with E-state index >= 15 is 0 Å². The van der Waals surface area contributed by atoms with E-state index in [9.17, 15) is 4.79 Å². The lowest BCUT2D eigenvalue weighted by atomic mass is 9.80. The van der Waals surface area contributed by atoms with E-state index in [1.807, 2.05) is 18.2 Å². The molecule has 4 nitrogen and oxygen atoms in total. The molecule has 1 aliphatic carbocycles. The molecule has 0 radical (unpaired) electrons. The Morgan fingerprint density at radius 3 is 2.63 bits per heavy atom. The van der Waals surface area contributed by atoms with Gasteiger partial charge in [0.05, 0.1) is 7.11 Å². The van der Waals surface area contributed by atoms with E-state index in [1.165, 1.54) is 0 Å². The number of carbonyl (C=O) groups is 1. The summed E-state index contributed by atoms with van der Waals surface area (Å²) in [5.41, 5.74) is 1.80. The molecular weight excluding hydrogens is 244 g/mol. The Hall–Kier alpha value is -1.39. The lowest BCUT2D eigenvalue weighted by Gasteiger charge is -2.26. The maximum absolute atomic E-state index is 12.5. The van der Waals surface area contributed by atoms with E-state index in [0.29, 0.717) is 6.42 Å². The minimum absolute atomic E-state index is 0.0375. The molecule has 0 fully saturated rings. The van der Waals surface area contributed by atoms with Gasteiger partial charge in [0, 0.05) is 37.7 Å². The van der Waals surface area contributed by atoms with Gasteiger partial charge in [-0.25, -0.2) is 0 Å². The highest BCUT2D eigenvalue weighted by Crippen LogP contribution is 2.34. The number of hydrogen-bond donors (Lipinski definition) is 0. The van der Waals surface area contributed by atoms with E-state index in [0.717, 1.165) is 29.7 Å². The highest BCUT2D eigenvalue weighted by Gasteiger charge is 2.31. The van der Waals surface area contributed by atoms with Gasteiger partial charge in [0.1, 0.15) is 5.75 Å². The molecule has 0 spiro atoms. The van der Waals surface area contributed by atoms with Crippen LogP contribution in [0.2, 0.25) is 0 Å². The quantitative estimate of drug-likeness (QED) is 0.766. The summed E-state index contributed by atoms with van der Waals surface area (Å²) in [5.74, 6) is 0.933. The van der Waals surface area contributed by atoms with Crippen molar-refractivity contribution in [2.24, 2.45) is 5.92 Å². The normalized spacial score (nSPS) is 18.5. The third kappa shape index (κ3) is 2.80. The molecule has 1 aromatic carbocycles. The van der Waals surface area contributed by atoms with Crippen LogP contribution in [0.1, 0.15) is 28.8 Å². The smallest absolute Gasteiger partial charge is 0.166 e. The maximum Gasteiger partial charge on any atom is 0.166 e. The lowest BCUT2D eigenvalue weighted by molar-refractivity contribution is -0.112. The molecule has 1 aromatic rings. The summed E-state index contributed by atoms with van der Waals surface area (Å²) in [4.78, 5) is 12.5. The van der Waals surface area contributed by atoms with Gasteiger partial charge in [-0.3, -0.25) is 4.79 Å². The van der Waals surface area contributed by atoms with Gasteiger partial charge >= 0.3 is 0 Å². The molecule has 19 heavy (non-hydrogen) atoms. The summed E-state index contributed by atoms with van der Waals surface area (Å²) < 4.78 is 15.7. The van der Waals surface area contributed by atoms with Crippen LogP contribution in [0.3, 0.4) is 0 Å². The van der Waals surface area contributed by atoms with Gasteiger partial charge in [-0.2, -0.15) is 0 Å². The lowest BCUT2D eigenvalue weighted by Crippen LogP contribution is -2.28. The molecule has 1 unspecified atom stereocenters. The summed E-state index contributed by atoms with van der Waals surface area (Å²) in [6.07, 6.45) is 1.95. The standard InChI is InChI=1S/C15H20O4/c1-17-13-6-4-5-12-11(13)8-7-10(15(12)16)9-14(18-2)19-3/h4-6,10,14H,7-9H2,1-3H3. The SMILES string of the molecule is COc1cccc2c1CCC(CC(OC)OC)C2=O. The number of methoxy groups -OCH3 is 3. The predicted molar refractivity (Wildman–Crippen MR) is 71.6 cm³/mol. The largest absolute Gasteiger partial charge is 0.496 e. The fourth-order valence-electron chi connectivity index (χ4n) is 2.66. The third-order valence-electron chi connectivity index (χ3n) is 3.73. The first-order chi connectivity index (χ1) is 9.21. The monoisotopic (exact) mass is 264 g/mol. The molecule has 1 atom stereocenters. The van der Waals surface area contributed by atoms with E-state index in [1.54, 1.807) is 21.3 Å². The number of fused-ring (bicyclic) bond motifs is 1. The summed E-state index contributed by atoms with van der Waals surface area (Å²) in [6, 6.07) is 5.64. The summed E-state index contributed by atoms with van der Waals surface area (Å²) >= 11 is 0. The first-order valence-electron chi connectivity index (χ1n) is 6.47. The van der Waals surface area contributed by atoms with Crippen LogP contribution >= 0.6 is 0 Å². The molecule has 1 aliphatic rings. The first-order valence-corrected chi connectivity index (χ1v) is 6.47. The molecule has 0 N–H and O–H groups in total. The van der Waals surface area contributed by atoms with E-state index in [4.69, 9.17) is 14.2 Å². The predicted octanol–water partition coefficient (Wildman–Crippen LogP) is 2.45. The van der Waals surface area contributed by atoms with Crippen molar-refractivity contribution in [3.63, 3.8) is 0 Å². The Bertz CT molecular complexity index is 451. The van der Waals surface area contributed by atoms with Crippen molar-refractivity contribution in [2.75, 3.05) is 21.3 Å². The fourth-order valence-corrected chi connectivity index (χ4v) is 2.66. The maximum atomic E-state index is 12.5. The molecule has 4 heteroatoms. The Labute approximate surface area is 113 Å². The van der Waals surface area contributed by atoms with Crippen LogP contribution in [0.25, 0.3) is 0 Å². The molecule has 0 aromatic heterocycles. The van der Waals surface area contributed by atoms with Gasteiger partial charge in [-0.1, -0.05) is 12.1 Å². The number of ether oxygens (including phenoxy) is 3. The molecular formula is C15H20O4. The van der Waals surface area contributed by atoms with Crippen LogP contribution in [-0.4, -0.2) is 33.4 Å². The first kappa shape index (κ1) is 14.0. The number of rotatable bonds is 5. The number of hydrogen-bond acceptors (Lipinski definition) is 4. The Kier molecular flexibility index (Phi) is 4.56. The zero-order valence-corrected chi connectivity index (χ0v) is 11.6. The van der Waals surface area contributed by atoms with Gasteiger partial charge in [0.15, 0.2) is 12.1 Å². The van der Waals surface area contributed by atoms with Crippen LogP contribution in [0.4, 0.5) is 0 Å². The van der Waals surface area contributed by atoms with Crippen molar-refractivity contribution in [2.45, 2.75) is 25.6 Å². The van der Waals surface area contributed by atoms with Gasteiger partial charge in [-0.05, 0) is 18.9 Å². The van der Waals surface area contributed by atoms with Crippen LogP contribution in [0, 0.1) is 5.92 Å². The van der Waals surface area contributed by atoms with Crippen molar-refractivity contribution in [1.82, 2.24) is 0 Å². The van der Waals surface area contributed by atoms with Crippen LogP contribution in [0.5, 0.6) is 5.75 Å². The molecule has 0 heterocycles. The highest BCUT2D eigenvalue weighted by molar-refractivity contribution is 6.00. The van der Waals surface area contributed by atoms with Crippen molar-refractivity contribution in [3.8, 4) is 5.75 Å². The van der Waals surface area contributed by atoms with Crippen molar-refractivity contribution in [1.29, 1.82) is 0 Å². The van der Waals surface area contributed by atoms with Gasteiger partial charge in [0.2, 0.25) is 0 Å². The number of benzene rings is 1. The van der Waals surface area contributed by atoms with E-state index < -0.39 is 0 Å². The second-order valence-corrected chi connectivity index (χ2v) is 4.72. The fraction of sp³-hybridized carbons (Fsp3) is 0.533. The van der Waals surface area contributed by atoms with E-state index in [-0.39, 0.29) is 18.0 Å². The van der Waals surface area contributed by atoms with Crippen LogP contribution in [0.15, 0.2) is 18.2 Å². The molecule has 104 valence electrons. The Balaban J connectivity index is 2.20. The van der Waals surface area contributed by atoms with Gasteiger partial charge in [0.25, 0.3) is 0 Å². The molecule has 0 saturated carbocycles. The molecule has 0 amide bonds. The van der Waals surface area contributed by atoms with Crippen LogP contribution in [-0.2, 0) is 15.9 Å². The zero-order chi connectivity index (χ0) is 13.8. The summed E-state index contributed by atoms with van der Waals surface area (Å²) in [5, 5.41) is 0. The minimum Gasteiger partial charge on any atom is -0.496 e.